The van der Waals surface area contributed by atoms with Crippen LogP contribution in [0.2, 0.25) is 0 Å². The van der Waals surface area contributed by atoms with Crippen molar-refractivity contribution in [3.8, 4) is 0 Å². The van der Waals surface area contributed by atoms with Crippen LogP contribution in [0.3, 0.4) is 0 Å². The number of hydrogen-bond acceptors (Lipinski definition) is 3. The molecule has 0 N–H and O–H groups in total. The molecule has 21 heavy (non-hydrogen) atoms. The van der Waals surface area contributed by atoms with E-state index in [0.717, 1.165) is 10.8 Å². The SMILES string of the molecule is CN(c1ccccn1)S(=O)(=O)c1ccc2ccccc2c1. The molecule has 0 bridgehead atoms. The molecule has 0 atom stereocenters. The smallest absolute Gasteiger partial charge is 0.253 e. The maximum atomic E-state index is 12.7. The van der Waals surface area contributed by atoms with Gasteiger partial charge < -0.3 is 0 Å². The molecule has 106 valence electrons. The van der Waals surface area contributed by atoms with E-state index in [-0.39, 0.29) is 4.90 Å². The normalized spacial score (nSPS) is 11.5. The molecule has 0 spiro atoms. The van der Waals surface area contributed by atoms with Crippen molar-refractivity contribution in [2.45, 2.75) is 4.90 Å². The zero-order valence-electron chi connectivity index (χ0n) is 11.5. The van der Waals surface area contributed by atoms with Crippen LogP contribution < -0.4 is 4.31 Å². The maximum absolute atomic E-state index is 12.7. The van der Waals surface area contributed by atoms with Gasteiger partial charge in [0.15, 0.2) is 0 Å². The Kier molecular flexibility index (Phi) is 3.35. The first-order valence-electron chi connectivity index (χ1n) is 6.48. The molecule has 0 fully saturated rings. The molecule has 1 aromatic heterocycles. The number of hydrogen-bond donors (Lipinski definition) is 0. The average molecular weight is 298 g/mol. The van der Waals surface area contributed by atoms with E-state index in [9.17, 15) is 8.42 Å². The highest BCUT2D eigenvalue weighted by Crippen LogP contribution is 2.23. The zero-order valence-corrected chi connectivity index (χ0v) is 12.3. The third kappa shape index (κ3) is 2.48. The van der Waals surface area contributed by atoms with Crippen molar-refractivity contribution in [1.82, 2.24) is 4.98 Å². The monoisotopic (exact) mass is 298 g/mol. The Morgan fingerprint density at radius 2 is 1.62 bits per heavy atom. The highest BCUT2D eigenvalue weighted by Gasteiger charge is 2.22. The van der Waals surface area contributed by atoms with E-state index in [4.69, 9.17) is 0 Å². The summed E-state index contributed by atoms with van der Waals surface area (Å²) in [6, 6.07) is 18.0. The Morgan fingerprint density at radius 1 is 0.905 bits per heavy atom. The molecule has 0 aliphatic heterocycles. The number of rotatable bonds is 3. The second-order valence-electron chi connectivity index (χ2n) is 4.67. The number of anilines is 1. The number of nitrogens with zero attached hydrogens (tertiary/aromatic N) is 2. The average Bonchev–Trinajstić information content (AvgIpc) is 2.54. The van der Waals surface area contributed by atoms with Crippen molar-refractivity contribution in [3.63, 3.8) is 0 Å². The van der Waals surface area contributed by atoms with Gasteiger partial charge in [-0.1, -0.05) is 36.4 Å². The summed E-state index contributed by atoms with van der Waals surface area (Å²) < 4.78 is 26.5. The standard InChI is InChI=1S/C16H14N2O2S/c1-18(16-8-4-5-11-17-16)21(19,20)15-10-9-13-6-2-3-7-14(13)12-15/h2-12H,1H3. The zero-order chi connectivity index (χ0) is 14.9. The number of fused-ring (bicyclic) bond motifs is 1. The summed E-state index contributed by atoms with van der Waals surface area (Å²) in [5.74, 6) is 0.394. The van der Waals surface area contributed by atoms with Crippen LogP contribution in [0.4, 0.5) is 5.82 Å². The Morgan fingerprint density at radius 3 is 2.33 bits per heavy atom. The summed E-state index contributed by atoms with van der Waals surface area (Å²) in [6.45, 7) is 0. The highest BCUT2D eigenvalue weighted by molar-refractivity contribution is 7.92. The van der Waals surface area contributed by atoms with Crippen LogP contribution in [0.5, 0.6) is 0 Å². The predicted octanol–water partition coefficient (Wildman–Crippen LogP) is 3.06. The van der Waals surface area contributed by atoms with Gasteiger partial charge in [0.25, 0.3) is 10.0 Å². The van der Waals surface area contributed by atoms with Crippen molar-refractivity contribution in [3.05, 3.63) is 66.9 Å². The van der Waals surface area contributed by atoms with Gasteiger partial charge in [0, 0.05) is 13.2 Å². The largest absolute Gasteiger partial charge is 0.265 e. The van der Waals surface area contributed by atoms with Gasteiger partial charge in [-0.05, 0) is 35.0 Å². The van der Waals surface area contributed by atoms with E-state index in [1.165, 1.54) is 11.4 Å². The molecule has 3 aromatic rings. The van der Waals surface area contributed by atoms with Gasteiger partial charge in [-0.2, -0.15) is 0 Å². The van der Waals surface area contributed by atoms with Gasteiger partial charge in [0.05, 0.1) is 4.90 Å². The van der Waals surface area contributed by atoms with Gasteiger partial charge >= 0.3 is 0 Å². The molecule has 2 aromatic carbocycles. The number of pyridine rings is 1. The Balaban J connectivity index is 2.08. The first-order valence-corrected chi connectivity index (χ1v) is 7.92. The van der Waals surface area contributed by atoms with Crippen molar-refractivity contribution < 1.29 is 8.42 Å². The van der Waals surface area contributed by atoms with E-state index in [0.29, 0.717) is 5.82 Å². The van der Waals surface area contributed by atoms with Crippen LogP contribution in [0.1, 0.15) is 0 Å². The number of aromatic nitrogens is 1. The van der Waals surface area contributed by atoms with Gasteiger partial charge in [0.1, 0.15) is 5.82 Å². The molecular formula is C16H14N2O2S. The van der Waals surface area contributed by atoms with Crippen LogP contribution in [-0.4, -0.2) is 20.4 Å². The third-order valence-electron chi connectivity index (χ3n) is 3.35. The quantitative estimate of drug-likeness (QED) is 0.746. The minimum absolute atomic E-state index is 0.259. The number of sulfonamides is 1. The van der Waals surface area contributed by atoms with Crippen LogP contribution in [0.25, 0.3) is 10.8 Å². The molecule has 0 saturated heterocycles. The number of benzene rings is 2. The summed E-state index contributed by atoms with van der Waals surface area (Å²) in [5, 5.41) is 1.91. The van der Waals surface area contributed by atoms with Crippen LogP contribution in [0, 0.1) is 0 Å². The molecule has 3 rings (SSSR count). The molecule has 0 aliphatic carbocycles. The molecular weight excluding hydrogens is 284 g/mol. The minimum atomic E-state index is -3.61. The lowest BCUT2D eigenvalue weighted by atomic mass is 10.1. The second-order valence-corrected chi connectivity index (χ2v) is 6.64. The summed E-state index contributed by atoms with van der Waals surface area (Å²) in [4.78, 5) is 4.34. The van der Waals surface area contributed by atoms with Crippen molar-refractivity contribution in [1.29, 1.82) is 0 Å². The molecule has 0 saturated carbocycles. The summed E-state index contributed by atoms with van der Waals surface area (Å²) >= 11 is 0. The summed E-state index contributed by atoms with van der Waals surface area (Å²) in [5.41, 5.74) is 0. The third-order valence-corrected chi connectivity index (χ3v) is 5.11. The lowest BCUT2D eigenvalue weighted by molar-refractivity contribution is 0.594. The first-order chi connectivity index (χ1) is 10.1. The van der Waals surface area contributed by atoms with E-state index in [2.05, 4.69) is 4.98 Å². The molecule has 0 radical (unpaired) electrons. The Hall–Kier alpha value is -2.40. The highest BCUT2D eigenvalue weighted by atomic mass is 32.2. The molecule has 0 aliphatic rings. The molecule has 0 amide bonds. The molecule has 5 heteroatoms. The van der Waals surface area contributed by atoms with Crippen LogP contribution >= 0.6 is 0 Å². The maximum Gasteiger partial charge on any atom is 0.265 e. The van der Waals surface area contributed by atoms with Gasteiger partial charge in [0.2, 0.25) is 0 Å². The van der Waals surface area contributed by atoms with E-state index in [1.54, 1.807) is 36.5 Å². The second kappa shape index (κ2) is 5.18. The van der Waals surface area contributed by atoms with Crippen molar-refractivity contribution in [2.24, 2.45) is 0 Å². The van der Waals surface area contributed by atoms with Crippen LogP contribution in [0.15, 0.2) is 71.8 Å². The van der Waals surface area contributed by atoms with E-state index in [1.807, 2.05) is 30.3 Å². The van der Waals surface area contributed by atoms with Crippen LogP contribution in [-0.2, 0) is 10.0 Å². The summed E-state index contributed by atoms with van der Waals surface area (Å²) in [6.07, 6.45) is 1.57. The Labute approximate surface area is 123 Å². The van der Waals surface area contributed by atoms with Crippen molar-refractivity contribution >= 4 is 26.6 Å². The first kappa shape index (κ1) is 13.6. The fraction of sp³-hybridized carbons (Fsp3) is 0.0625. The predicted molar refractivity (Wildman–Crippen MR) is 83.8 cm³/mol. The fourth-order valence-corrected chi connectivity index (χ4v) is 3.34. The van der Waals surface area contributed by atoms with Gasteiger partial charge in [-0.15, -0.1) is 0 Å². The fourth-order valence-electron chi connectivity index (χ4n) is 2.15. The van der Waals surface area contributed by atoms with E-state index < -0.39 is 10.0 Å². The minimum Gasteiger partial charge on any atom is -0.253 e. The van der Waals surface area contributed by atoms with Gasteiger partial charge in [-0.25, -0.2) is 13.4 Å². The summed E-state index contributed by atoms with van der Waals surface area (Å²) in [7, 11) is -2.11. The molecule has 0 unspecified atom stereocenters. The lowest BCUT2D eigenvalue weighted by Crippen LogP contribution is -2.27. The molecule has 1 heterocycles. The lowest BCUT2D eigenvalue weighted by Gasteiger charge is -2.18. The van der Waals surface area contributed by atoms with E-state index >= 15 is 0 Å². The van der Waals surface area contributed by atoms with Gasteiger partial charge in [-0.3, -0.25) is 4.31 Å². The Bertz CT molecular complexity index is 877. The molecule has 4 nitrogen and oxygen atoms in total. The van der Waals surface area contributed by atoms with Crippen molar-refractivity contribution in [2.75, 3.05) is 11.4 Å². The topological polar surface area (TPSA) is 50.3 Å².